The predicted molar refractivity (Wildman–Crippen MR) is 96.1 cm³/mol. The van der Waals surface area contributed by atoms with E-state index in [1.165, 1.54) is 0 Å². The molecule has 0 aliphatic carbocycles. The van der Waals surface area contributed by atoms with Gasteiger partial charge in [-0.15, -0.1) is 0 Å². The molecule has 0 saturated heterocycles. The van der Waals surface area contributed by atoms with Gasteiger partial charge in [-0.2, -0.15) is 0 Å². The molecule has 0 aliphatic rings. The molecule has 0 aliphatic heterocycles. The van der Waals surface area contributed by atoms with Crippen LogP contribution in [0.15, 0.2) is 12.1 Å². The Morgan fingerprint density at radius 3 is 1.35 bits per heavy atom. The Hall–Kier alpha value is -2.36. The summed E-state index contributed by atoms with van der Waals surface area (Å²) in [5, 5.41) is 20.1. The normalized spacial score (nSPS) is 11.7. The largest absolute Gasteiger partial charge is 0.506 e. The summed E-state index contributed by atoms with van der Waals surface area (Å²) in [5.41, 5.74) is 17.9. The van der Waals surface area contributed by atoms with Crippen molar-refractivity contribution in [1.29, 1.82) is 0 Å². The zero-order chi connectivity index (χ0) is 17.7. The first kappa shape index (κ1) is 17.0. The summed E-state index contributed by atoms with van der Waals surface area (Å²) < 4.78 is 0. The summed E-state index contributed by atoms with van der Waals surface area (Å²) in [6.07, 6.45) is 0. The van der Waals surface area contributed by atoms with Gasteiger partial charge in [-0.1, -0.05) is 26.0 Å². The first-order chi connectivity index (χ1) is 10.5. The van der Waals surface area contributed by atoms with Gasteiger partial charge < -0.3 is 21.7 Å². The number of aromatic hydroxyl groups is 2. The molecule has 23 heavy (non-hydrogen) atoms. The van der Waals surface area contributed by atoms with E-state index in [2.05, 4.69) is 13.8 Å². The lowest BCUT2D eigenvalue weighted by Crippen LogP contribution is -2.23. The summed E-state index contributed by atoms with van der Waals surface area (Å²) in [7, 11) is 0. The highest BCUT2D eigenvalue weighted by atomic mass is 16.3. The summed E-state index contributed by atoms with van der Waals surface area (Å²) in [4.78, 5) is 0. The lowest BCUT2D eigenvalue weighted by Gasteiger charge is -2.32. The second kappa shape index (κ2) is 5.37. The van der Waals surface area contributed by atoms with E-state index in [4.69, 9.17) is 11.5 Å². The molecule has 0 radical (unpaired) electrons. The third-order valence-corrected chi connectivity index (χ3v) is 4.94. The van der Waals surface area contributed by atoms with Crippen LogP contribution in [-0.4, -0.2) is 10.2 Å². The maximum atomic E-state index is 10.0. The maximum absolute atomic E-state index is 10.0. The number of hydrogen-bond donors (Lipinski definition) is 4. The van der Waals surface area contributed by atoms with Gasteiger partial charge in [0.25, 0.3) is 0 Å². The number of nitrogen functional groups attached to an aromatic ring is 2. The van der Waals surface area contributed by atoms with E-state index in [9.17, 15) is 10.2 Å². The molecule has 0 unspecified atom stereocenters. The van der Waals surface area contributed by atoms with Crippen LogP contribution in [-0.2, 0) is 5.41 Å². The van der Waals surface area contributed by atoms with Crippen molar-refractivity contribution in [3.8, 4) is 11.5 Å². The van der Waals surface area contributed by atoms with E-state index < -0.39 is 0 Å². The molecule has 0 saturated carbocycles. The minimum Gasteiger partial charge on any atom is -0.506 e. The van der Waals surface area contributed by atoms with Crippen LogP contribution in [0, 0.1) is 27.7 Å². The zero-order valence-corrected chi connectivity index (χ0v) is 14.7. The minimum atomic E-state index is -0.368. The van der Waals surface area contributed by atoms with E-state index in [-0.39, 0.29) is 16.9 Å². The van der Waals surface area contributed by atoms with Crippen LogP contribution in [0.1, 0.15) is 47.2 Å². The molecule has 0 spiro atoms. The maximum Gasteiger partial charge on any atom is 0.141 e. The molecular formula is C19H26N2O2. The molecule has 0 aromatic heterocycles. The van der Waals surface area contributed by atoms with E-state index in [0.29, 0.717) is 11.4 Å². The highest BCUT2D eigenvalue weighted by Crippen LogP contribution is 2.43. The summed E-state index contributed by atoms with van der Waals surface area (Å²) >= 11 is 0. The lowest BCUT2D eigenvalue weighted by atomic mass is 9.73. The van der Waals surface area contributed by atoms with Crippen molar-refractivity contribution in [1.82, 2.24) is 0 Å². The second-order valence-electron chi connectivity index (χ2n) is 6.88. The Balaban J connectivity index is 2.79. The van der Waals surface area contributed by atoms with Gasteiger partial charge in [0.05, 0.1) is 11.4 Å². The molecule has 6 N–H and O–H groups in total. The zero-order valence-electron chi connectivity index (χ0n) is 14.7. The number of anilines is 2. The molecule has 2 aromatic carbocycles. The van der Waals surface area contributed by atoms with Crippen LogP contribution < -0.4 is 11.5 Å². The van der Waals surface area contributed by atoms with Gasteiger partial charge in [-0.3, -0.25) is 0 Å². The minimum absolute atomic E-state index is 0.139. The summed E-state index contributed by atoms with van der Waals surface area (Å²) in [6.45, 7) is 11.7. The fraction of sp³-hybridized carbons (Fsp3) is 0.368. The van der Waals surface area contributed by atoms with Crippen molar-refractivity contribution < 1.29 is 10.2 Å². The Kier molecular flexibility index (Phi) is 3.97. The smallest absolute Gasteiger partial charge is 0.141 e. The van der Waals surface area contributed by atoms with Crippen LogP contribution in [0.5, 0.6) is 11.5 Å². The molecule has 4 heteroatoms. The third-order valence-electron chi connectivity index (χ3n) is 4.94. The van der Waals surface area contributed by atoms with Crippen LogP contribution in [0.3, 0.4) is 0 Å². The van der Waals surface area contributed by atoms with Crippen molar-refractivity contribution in [2.75, 3.05) is 11.5 Å². The van der Waals surface area contributed by atoms with Crippen molar-refractivity contribution in [2.45, 2.75) is 47.0 Å². The topological polar surface area (TPSA) is 92.5 Å². The Labute approximate surface area is 137 Å². The van der Waals surface area contributed by atoms with Crippen LogP contribution in [0.4, 0.5) is 11.4 Å². The summed E-state index contributed by atoms with van der Waals surface area (Å²) in [5.74, 6) is 0.278. The van der Waals surface area contributed by atoms with Gasteiger partial charge in [0, 0.05) is 5.41 Å². The van der Waals surface area contributed by atoms with Crippen LogP contribution in [0.25, 0.3) is 0 Å². The number of benzene rings is 2. The fourth-order valence-corrected chi connectivity index (χ4v) is 3.30. The molecule has 4 nitrogen and oxygen atoms in total. The monoisotopic (exact) mass is 314 g/mol. The SMILES string of the molecule is Cc1cc(C(C)(C)c2cc(C)c(O)c(N)c2C)c(C)c(N)c1O. The molecule has 0 fully saturated rings. The Bertz CT molecular complexity index is 727. The van der Waals surface area contributed by atoms with Crippen molar-refractivity contribution in [3.05, 3.63) is 45.5 Å². The summed E-state index contributed by atoms with van der Waals surface area (Å²) in [6, 6.07) is 3.94. The van der Waals surface area contributed by atoms with Gasteiger partial charge in [0.15, 0.2) is 0 Å². The number of rotatable bonds is 2. The highest BCUT2D eigenvalue weighted by Gasteiger charge is 2.30. The van der Waals surface area contributed by atoms with Crippen LogP contribution >= 0.6 is 0 Å². The van der Waals surface area contributed by atoms with E-state index in [1.54, 1.807) is 0 Å². The quantitative estimate of drug-likeness (QED) is 0.501. The molecular weight excluding hydrogens is 288 g/mol. The molecule has 124 valence electrons. The van der Waals surface area contributed by atoms with E-state index in [1.807, 2.05) is 39.8 Å². The van der Waals surface area contributed by atoms with Gasteiger partial charge in [0.2, 0.25) is 0 Å². The van der Waals surface area contributed by atoms with Gasteiger partial charge >= 0.3 is 0 Å². The van der Waals surface area contributed by atoms with Gasteiger partial charge in [-0.05, 0) is 61.1 Å². The third kappa shape index (κ3) is 2.48. The average Bonchev–Trinajstić information content (AvgIpc) is 2.49. The number of aryl methyl sites for hydroxylation is 2. The Morgan fingerprint density at radius 1 is 0.739 bits per heavy atom. The molecule has 0 amide bonds. The van der Waals surface area contributed by atoms with Gasteiger partial charge in [0.1, 0.15) is 11.5 Å². The van der Waals surface area contributed by atoms with E-state index in [0.717, 1.165) is 33.4 Å². The van der Waals surface area contributed by atoms with E-state index >= 15 is 0 Å². The average molecular weight is 314 g/mol. The van der Waals surface area contributed by atoms with Crippen molar-refractivity contribution in [2.24, 2.45) is 0 Å². The first-order valence-corrected chi connectivity index (χ1v) is 7.68. The number of phenolic OH excluding ortho intramolecular Hbond substituents is 2. The molecule has 0 bridgehead atoms. The van der Waals surface area contributed by atoms with Gasteiger partial charge in [-0.25, -0.2) is 0 Å². The molecule has 2 rings (SSSR count). The van der Waals surface area contributed by atoms with Crippen LogP contribution in [0.2, 0.25) is 0 Å². The second-order valence-corrected chi connectivity index (χ2v) is 6.88. The van der Waals surface area contributed by atoms with Crippen molar-refractivity contribution >= 4 is 11.4 Å². The predicted octanol–water partition coefficient (Wildman–Crippen LogP) is 3.82. The highest BCUT2D eigenvalue weighted by molar-refractivity contribution is 5.69. The number of phenols is 2. The molecule has 2 aromatic rings. The fourth-order valence-electron chi connectivity index (χ4n) is 3.30. The molecule has 0 atom stereocenters. The Morgan fingerprint density at radius 2 is 1.04 bits per heavy atom. The number of nitrogens with two attached hydrogens (primary N) is 2. The standard InChI is InChI=1S/C19H26N2O2/c1-9-7-13(11(3)15(20)17(9)22)19(5,6)14-8-10(2)18(23)16(21)12(14)4/h7-8,22-23H,20-21H2,1-6H3. The van der Waals surface area contributed by atoms with Crippen molar-refractivity contribution in [3.63, 3.8) is 0 Å². The lowest BCUT2D eigenvalue weighted by molar-refractivity contribution is 0.471. The molecule has 0 heterocycles. The first-order valence-electron chi connectivity index (χ1n) is 7.68. The number of hydrogen-bond acceptors (Lipinski definition) is 4.